The Morgan fingerprint density at radius 3 is 2.29 bits per heavy atom. The Kier molecular flexibility index (Phi) is 1.09. The van der Waals surface area contributed by atoms with E-state index in [9.17, 15) is 0 Å². The normalized spacial score (nSPS) is 39.7. The zero-order chi connectivity index (χ0) is 5.28. The first-order valence-electron chi connectivity index (χ1n) is 2.67. The maximum atomic E-state index is 3.94. The Morgan fingerprint density at radius 2 is 2.14 bits per heavy atom. The first kappa shape index (κ1) is 4.75. The molecule has 0 bridgehead atoms. The second kappa shape index (κ2) is 1.60. The van der Waals surface area contributed by atoms with Crippen LogP contribution in [0.4, 0.5) is 0 Å². The molecule has 2 atom stereocenters. The number of hydrogen-bond acceptors (Lipinski definition) is 2. The molecule has 0 aromatic heterocycles. The monoisotopic (exact) mass is 98.1 g/mol. The molecule has 0 saturated carbocycles. The van der Waals surface area contributed by atoms with Gasteiger partial charge in [-0.3, -0.25) is 0 Å². The molecule has 1 aliphatic rings. The van der Waals surface area contributed by atoms with Crippen LogP contribution in [0.25, 0.3) is 0 Å². The molecule has 40 valence electrons. The summed E-state index contributed by atoms with van der Waals surface area (Å²) in [6.45, 7) is 5.20. The van der Waals surface area contributed by atoms with Crippen molar-refractivity contribution < 1.29 is 0 Å². The summed E-state index contributed by atoms with van der Waals surface area (Å²) in [6.07, 6.45) is 0. The Labute approximate surface area is 43.6 Å². The average molecular weight is 98.1 g/mol. The summed E-state index contributed by atoms with van der Waals surface area (Å²) < 4.78 is 0. The molecule has 0 aromatic rings. The number of rotatable bonds is 0. The summed E-state index contributed by atoms with van der Waals surface area (Å²) in [7, 11) is 0. The largest absolute Gasteiger partial charge is 0.194 e. The molecular formula is C5H10N2. The fourth-order valence-corrected chi connectivity index (χ4v) is 0.571. The van der Waals surface area contributed by atoms with E-state index in [4.69, 9.17) is 0 Å². The van der Waals surface area contributed by atoms with Crippen molar-refractivity contribution in [3.63, 3.8) is 0 Å². The van der Waals surface area contributed by atoms with Gasteiger partial charge in [-0.15, -0.1) is 0 Å². The van der Waals surface area contributed by atoms with Gasteiger partial charge in [0.05, 0.1) is 12.6 Å². The molecule has 0 aromatic carbocycles. The molecular weight excluding hydrogens is 88.1 g/mol. The van der Waals surface area contributed by atoms with Crippen molar-refractivity contribution in [1.82, 2.24) is 0 Å². The lowest BCUT2D eigenvalue weighted by Gasteiger charge is -2.00. The van der Waals surface area contributed by atoms with Crippen LogP contribution < -0.4 is 0 Å². The van der Waals surface area contributed by atoms with Gasteiger partial charge in [-0.05, 0) is 6.92 Å². The van der Waals surface area contributed by atoms with Gasteiger partial charge in [0.25, 0.3) is 0 Å². The number of azo groups is 1. The Balaban J connectivity index is 2.45. The minimum Gasteiger partial charge on any atom is -0.194 e. The molecule has 0 fully saturated rings. The van der Waals surface area contributed by atoms with Gasteiger partial charge in [0, 0.05) is 5.92 Å². The molecule has 0 radical (unpaired) electrons. The van der Waals surface area contributed by atoms with E-state index in [2.05, 4.69) is 24.1 Å². The van der Waals surface area contributed by atoms with Crippen molar-refractivity contribution in [2.24, 2.45) is 16.1 Å². The summed E-state index contributed by atoms with van der Waals surface area (Å²) in [5, 5.41) is 7.81. The van der Waals surface area contributed by atoms with E-state index >= 15 is 0 Å². The summed E-state index contributed by atoms with van der Waals surface area (Å²) in [6, 6.07) is 0.472. The van der Waals surface area contributed by atoms with Gasteiger partial charge in [0.1, 0.15) is 0 Å². The quantitative estimate of drug-likeness (QED) is 0.438. The van der Waals surface area contributed by atoms with E-state index in [0.717, 1.165) is 6.54 Å². The SMILES string of the molecule is C[C@@H]1N=NC[C@@H]1C. The molecule has 1 aliphatic heterocycles. The van der Waals surface area contributed by atoms with E-state index in [1.165, 1.54) is 0 Å². The predicted octanol–water partition coefficient (Wildman–Crippen LogP) is 1.48. The van der Waals surface area contributed by atoms with Crippen molar-refractivity contribution in [1.29, 1.82) is 0 Å². The van der Waals surface area contributed by atoms with Crippen LogP contribution in [0.5, 0.6) is 0 Å². The highest BCUT2D eigenvalue weighted by Gasteiger charge is 2.14. The fourth-order valence-electron chi connectivity index (χ4n) is 0.571. The molecule has 0 N–H and O–H groups in total. The van der Waals surface area contributed by atoms with Gasteiger partial charge >= 0.3 is 0 Å². The standard InChI is InChI=1S/C5H10N2/c1-4-3-6-7-5(4)2/h4-5H,3H2,1-2H3/t4-,5-/m0/s1. The Hall–Kier alpha value is -0.400. The van der Waals surface area contributed by atoms with E-state index in [0.29, 0.717) is 12.0 Å². The van der Waals surface area contributed by atoms with E-state index in [-0.39, 0.29) is 0 Å². The van der Waals surface area contributed by atoms with Crippen LogP contribution in [0.3, 0.4) is 0 Å². The lowest BCUT2D eigenvalue weighted by atomic mass is 10.1. The summed E-state index contributed by atoms with van der Waals surface area (Å²) >= 11 is 0. The molecule has 0 saturated heterocycles. The van der Waals surface area contributed by atoms with Crippen molar-refractivity contribution in [2.75, 3.05) is 6.54 Å². The third kappa shape index (κ3) is 0.787. The van der Waals surface area contributed by atoms with E-state index < -0.39 is 0 Å². The second-order valence-corrected chi connectivity index (χ2v) is 2.16. The minimum atomic E-state index is 0.472. The first-order valence-corrected chi connectivity index (χ1v) is 2.67. The van der Waals surface area contributed by atoms with Crippen LogP contribution in [-0.2, 0) is 0 Å². The molecule has 7 heavy (non-hydrogen) atoms. The van der Waals surface area contributed by atoms with Crippen LogP contribution in [0.2, 0.25) is 0 Å². The minimum absolute atomic E-state index is 0.472. The van der Waals surface area contributed by atoms with Gasteiger partial charge in [0.15, 0.2) is 0 Å². The molecule has 0 amide bonds. The first-order chi connectivity index (χ1) is 3.30. The second-order valence-electron chi connectivity index (χ2n) is 2.16. The zero-order valence-corrected chi connectivity index (χ0v) is 4.76. The van der Waals surface area contributed by atoms with Crippen LogP contribution in [0, 0.1) is 5.92 Å². The fraction of sp³-hybridized carbons (Fsp3) is 1.00. The summed E-state index contributed by atoms with van der Waals surface area (Å²) in [5.41, 5.74) is 0. The van der Waals surface area contributed by atoms with E-state index in [1.807, 2.05) is 0 Å². The van der Waals surface area contributed by atoms with Crippen LogP contribution in [-0.4, -0.2) is 12.6 Å². The van der Waals surface area contributed by atoms with Crippen LogP contribution in [0.1, 0.15) is 13.8 Å². The Bertz CT molecular complexity index is 88.1. The molecule has 2 heteroatoms. The number of nitrogens with zero attached hydrogens (tertiary/aromatic N) is 2. The van der Waals surface area contributed by atoms with Gasteiger partial charge in [-0.25, -0.2) is 0 Å². The lowest BCUT2D eigenvalue weighted by Crippen LogP contribution is -2.06. The topological polar surface area (TPSA) is 24.7 Å². The third-order valence-corrected chi connectivity index (χ3v) is 1.46. The van der Waals surface area contributed by atoms with Gasteiger partial charge in [0.2, 0.25) is 0 Å². The van der Waals surface area contributed by atoms with Gasteiger partial charge < -0.3 is 0 Å². The maximum Gasteiger partial charge on any atom is 0.0723 e. The van der Waals surface area contributed by atoms with Crippen molar-refractivity contribution in [2.45, 2.75) is 19.9 Å². The molecule has 1 heterocycles. The molecule has 0 aliphatic carbocycles. The highest BCUT2D eigenvalue weighted by Crippen LogP contribution is 2.13. The summed E-state index contributed by atoms with van der Waals surface area (Å²) in [4.78, 5) is 0. The molecule has 0 unspecified atom stereocenters. The zero-order valence-electron chi connectivity index (χ0n) is 4.76. The molecule has 1 rings (SSSR count). The van der Waals surface area contributed by atoms with Crippen molar-refractivity contribution in [3.05, 3.63) is 0 Å². The number of hydrogen-bond donors (Lipinski definition) is 0. The Morgan fingerprint density at radius 1 is 1.43 bits per heavy atom. The van der Waals surface area contributed by atoms with Gasteiger partial charge in [-0.2, -0.15) is 10.2 Å². The highest BCUT2D eigenvalue weighted by atomic mass is 15.2. The summed E-state index contributed by atoms with van der Waals surface area (Å²) in [5.74, 6) is 0.681. The maximum absolute atomic E-state index is 3.94. The van der Waals surface area contributed by atoms with Crippen molar-refractivity contribution in [3.8, 4) is 0 Å². The highest BCUT2D eigenvalue weighted by molar-refractivity contribution is 4.72. The average Bonchev–Trinajstić information content (AvgIpc) is 1.91. The smallest absolute Gasteiger partial charge is 0.0723 e. The molecule has 2 nitrogen and oxygen atoms in total. The third-order valence-electron chi connectivity index (χ3n) is 1.46. The van der Waals surface area contributed by atoms with Crippen LogP contribution >= 0.6 is 0 Å². The van der Waals surface area contributed by atoms with Crippen LogP contribution in [0.15, 0.2) is 10.2 Å². The molecule has 0 spiro atoms. The van der Waals surface area contributed by atoms with Gasteiger partial charge in [-0.1, -0.05) is 6.92 Å². The van der Waals surface area contributed by atoms with E-state index in [1.54, 1.807) is 0 Å². The predicted molar refractivity (Wildman–Crippen MR) is 28.3 cm³/mol. The van der Waals surface area contributed by atoms with Crippen molar-refractivity contribution >= 4 is 0 Å². The lowest BCUT2D eigenvalue weighted by molar-refractivity contribution is 0.560.